The number of hydrogen-bond donors (Lipinski definition) is 8. The second-order valence-electron chi connectivity index (χ2n) is 22.9. The lowest BCUT2D eigenvalue weighted by molar-refractivity contribution is 0.0880. The van der Waals surface area contributed by atoms with Gasteiger partial charge in [-0.15, -0.1) is 0 Å². The van der Waals surface area contributed by atoms with Gasteiger partial charge < -0.3 is 39.2 Å². The average Bonchev–Trinajstić information content (AvgIpc) is 4.15. The largest absolute Gasteiger partial charge is 0.323 e. The Hall–Kier alpha value is -3.24. The van der Waals surface area contributed by atoms with E-state index in [1.807, 2.05) is 95.6 Å². The minimum Gasteiger partial charge on any atom is -0.323 e. The first kappa shape index (κ1) is 41.0. The fraction of sp³-hybridized carbons (Fsp3) is 0.909. The van der Waals surface area contributed by atoms with Crippen molar-refractivity contribution in [2.24, 2.45) is 47.3 Å². The highest BCUT2D eigenvalue weighted by atomic mass is 16.2. The van der Waals surface area contributed by atoms with Gasteiger partial charge in [0.1, 0.15) is 0 Å². The van der Waals surface area contributed by atoms with Crippen molar-refractivity contribution in [1.82, 2.24) is 81.7 Å². The molecule has 16 atom stereocenters. The first-order valence-corrected chi connectivity index (χ1v) is 24.7. The van der Waals surface area contributed by atoms with Crippen molar-refractivity contribution in [3.63, 3.8) is 0 Å². The Labute approximate surface area is 376 Å². The molecular formula is C44H72N16O4. The zero-order valence-corrected chi connectivity index (χ0v) is 38.7. The Balaban J connectivity index is 0.884. The van der Waals surface area contributed by atoms with Gasteiger partial charge in [-0.05, 0) is 98.7 Å². The number of hydrogen-bond acceptors (Lipinski definition) is 12. The van der Waals surface area contributed by atoms with E-state index in [0.29, 0.717) is 0 Å². The van der Waals surface area contributed by atoms with Gasteiger partial charge >= 0.3 is 24.1 Å². The van der Waals surface area contributed by atoms with Crippen molar-refractivity contribution >= 4 is 24.1 Å². The van der Waals surface area contributed by atoms with Crippen molar-refractivity contribution in [2.75, 3.05) is 56.4 Å². The molecule has 0 spiro atoms. The van der Waals surface area contributed by atoms with E-state index in [2.05, 4.69) is 42.5 Å². The molecule has 16 unspecified atom stereocenters. The summed E-state index contributed by atoms with van der Waals surface area (Å²) in [5.74, 6) is 2.29. The predicted octanol–water partition coefficient (Wildman–Crippen LogP) is -1.58. The number of urea groups is 4. The molecular weight excluding hydrogens is 817 g/mol. The SMILES string of the molecule is CN1C(=O)N(C)C2CC3C4NC(NC5NC(NC6NC(NC7NC(N4)C4CC8C(CC74)N(C)C(=O)N8C)C4CC7C(CC64)N(C)C(=O)N7C)C4CC6C(CC54)N(C)C(=O)N6C)C3CC21. The van der Waals surface area contributed by atoms with Crippen molar-refractivity contribution in [2.45, 2.75) is 149 Å². The minimum absolute atomic E-state index is 0.00108. The summed E-state index contributed by atoms with van der Waals surface area (Å²) < 4.78 is 0. The van der Waals surface area contributed by atoms with Gasteiger partial charge in [-0.2, -0.15) is 0 Å². The van der Waals surface area contributed by atoms with Crippen LogP contribution in [0.2, 0.25) is 0 Å². The maximum Gasteiger partial charge on any atom is 0.320 e. The Bertz CT molecular complexity index is 1590. The Kier molecular flexibility index (Phi) is 9.06. The Morgan fingerprint density at radius 2 is 0.359 bits per heavy atom. The summed E-state index contributed by atoms with van der Waals surface area (Å²) in [5, 5.41) is 33.8. The van der Waals surface area contributed by atoms with E-state index in [4.69, 9.17) is 0 Å². The molecule has 8 N–H and O–H groups in total. The van der Waals surface area contributed by atoms with Crippen molar-refractivity contribution in [3.8, 4) is 0 Å². The van der Waals surface area contributed by atoms with Crippen LogP contribution in [0.5, 0.6) is 0 Å². The Morgan fingerprint density at radius 3 is 0.469 bits per heavy atom. The smallest absolute Gasteiger partial charge is 0.320 e. The normalized spacial score (nSPS) is 53.8. The van der Waals surface area contributed by atoms with Gasteiger partial charge in [-0.3, -0.25) is 42.5 Å². The zero-order chi connectivity index (χ0) is 44.1. The molecule has 8 amide bonds. The van der Waals surface area contributed by atoms with Gasteiger partial charge in [0, 0.05) is 56.4 Å². The van der Waals surface area contributed by atoms with Gasteiger partial charge in [-0.1, -0.05) is 0 Å². The highest BCUT2D eigenvalue weighted by Gasteiger charge is 2.63. The van der Waals surface area contributed by atoms with Crippen LogP contribution in [0.1, 0.15) is 51.4 Å². The van der Waals surface area contributed by atoms with Crippen LogP contribution in [0.15, 0.2) is 0 Å². The van der Waals surface area contributed by atoms with Crippen LogP contribution in [0.25, 0.3) is 0 Å². The molecule has 20 nitrogen and oxygen atoms in total. The molecule has 9 aliphatic heterocycles. The third-order valence-corrected chi connectivity index (χ3v) is 20.8. The van der Waals surface area contributed by atoms with E-state index in [9.17, 15) is 19.2 Å². The number of likely N-dealkylation sites (N-methyl/N-ethyl adjacent to an activating group) is 8. The van der Waals surface area contributed by atoms with Gasteiger partial charge in [0.25, 0.3) is 0 Å². The molecule has 0 aromatic carbocycles. The first-order valence-electron chi connectivity index (χ1n) is 24.7. The molecule has 4 aliphatic carbocycles. The summed E-state index contributed by atoms with van der Waals surface area (Å²) in [7, 11) is 15.8. The number of carbonyl (C=O) groups is 4. The lowest BCUT2D eigenvalue weighted by Crippen LogP contribution is -2.61. The molecule has 352 valence electrons. The molecule has 9 heterocycles. The van der Waals surface area contributed by atoms with Crippen LogP contribution in [0, 0.1) is 47.3 Å². The predicted molar refractivity (Wildman–Crippen MR) is 234 cm³/mol. The molecule has 0 aromatic heterocycles. The number of amides is 8. The fourth-order valence-corrected chi connectivity index (χ4v) is 17.3. The molecule has 9 saturated heterocycles. The molecule has 4 saturated carbocycles. The van der Waals surface area contributed by atoms with E-state index in [-0.39, 0.29) is 169 Å². The number of fused-ring (bicyclic) bond motifs is 24. The van der Waals surface area contributed by atoms with E-state index >= 15 is 0 Å². The number of nitrogens with one attached hydrogen (secondary N) is 8. The molecule has 8 bridgehead atoms. The quantitative estimate of drug-likeness (QED) is 0.140. The molecule has 13 fully saturated rings. The minimum atomic E-state index is 0.00108. The summed E-state index contributed by atoms with van der Waals surface area (Å²) in [6.45, 7) is 0. The summed E-state index contributed by atoms with van der Waals surface area (Å²) in [5.41, 5.74) is 0. The topological polar surface area (TPSA) is 190 Å². The second-order valence-corrected chi connectivity index (χ2v) is 22.9. The number of rotatable bonds is 0. The Morgan fingerprint density at radius 1 is 0.250 bits per heavy atom. The van der Waals surface area contributed by atoms with Crippen LogP contribution in [-0.4, -0.2) is 217 Å². The summed E-state index contributed by atoms with van der Waals surface area (Å²) >= 11 is 0. The summed E-state index contributed by atoms with van der Waals surface area (Å²) in [6.07, 6.45) is 7.36. The lowest BCUT2D eigenvalue weighted by Gasteiger charge is -2.43. The van der Waals surface area contributed by atoms with Gasteiger partial charge in [0.05, 0.1) is 97.7 Å². The van der Waals surface area contributed by atoms with Crippen LogP contribution in [-0.2, 0) is 0 Å². The van der Waals surface area contributed by atoms with Crippen LogP contribution < -0.4 is 42.5 Å². The first-order chi connectivity index (χ1) is 30.7. The maximum atomic E-state index is 13.5. The third kappa shape index (κ3) is 5.50. The van der Waals surface area contributed by atoms with E-state index in [1.165, 1.54) is 0 Å². The van der Waals surface area contributed by atoms with Crippen molar-refractivity contribution in [1.29, 1.82) is 0 Å². The van der Waals surface area contributed by atoms with E-state index in [0.717, 1.165) is 51.4 Å². The van der Waals surface area contributed by atoms with Crippen LogP contribution in [0.4, 0.5) is 19.2 Å². The van der Waals surface area contributed by atoms with E-state index in [1.54, 1.807) is 0 Å². The number of nitrogens with zero attached hydrogens (tertiary/aromatic N) is 8. The van der Waals surface area contributed by atoms with Gasteiger partial charge in [-0.25, -0.2) is 19.2 Å². The third-order valence-electron chi connectivity index (χ3n) is 20.8. The average molecular weight is 889 g/mol. The van der Waals surface area contributed by atoms with Crippen LogP contribution >= 0.6 is 0 Å². The highest BCUT2D eigenvalue weighted by molar-refractivity contribution is 5.79. The summed E-state index contributed by atoms with van der Waals surface area (Å²) in [4.78, 5) is 69.7. The molecule has 13 rings (SSSR count). The van der Waals surface area contributed by atoms with Gasteiger partial charge in [0.15, 0.2) is 0 Å². The van der Waals surface area contributed by atoms with Crippen LogP contribution in [0.3, 0.4) is 0 Å². The second kappa shape index (κ2) is 14.1. The lowest BCUT2D eigenvalue weighted by atomic mass is 9.72. The zero-order valence-electron chi connectivity index (χ0n) is 38.7. The maximum absolute atomic E-state index is 13.5. The summed E-state index contributed by atoms with van der Waals surface area (Å²) in [6, 6.07) is 1.70. The number of carbonyl (C=O) groups excluding carboxylic acids is 4. The van der Waals surface area contributed by atoms with Crippen molar-refractivity contribution < 1.29 is 19.2 Å². The standard InChI is InChI=1S/C44H72N16O4/c1-53-25-9-17-18(10-26(25)54(2)41(53)61)34-45-33(17)49-35-19-11-27-28(56(4)42(62)55(27)3)12-20(19)37(46-35)51-39-23-15-31-32(60(8)44(64)59(31)7)16-24(23)40(48-39)52-38-22-14-30-29(57(5)43(63)58(30)6)13-21(22)36(47-38)50-34/h17-40,45-52H,9-16H2,1-8H3. The van der Waals surface area contributed by atoms with Gasteiger partial charge in [0.2, 0.25) is 0 Å². The van der Waals surface area contributed by atoms with E-state index < -0.39 is 0 Å². The van der Waals surface area contributed by atoms with Crippen molar-refractivity contribution in [3.05, 3.63) is 0 Å². The fourth-order valence-electron chi connectivity index (χ4n) is 17.3. The molecule has 13 aliphatic rings. The monoisotopic (exact) mass is 889 g/mol. The highest BCUT2D eigenvalue weighted by Crippen LogP contribution is 2.51. The molecule has 20 heteroatoms. The molecule has 64 heavy (non-hydrogen) atoms. The molecule has 0 radical (unpaired) electrons. The molecule has 0 aromatic rings.